The molecule has 0 unspecified atom stereocenters. The van der Waals surface area contributed by atoms with Crippen molar-refractivity contribution in [3.05, 3.63) is 41.0 Å². The van der Waals surface area contributed by atoms with Crippen LogP contribution in [0.1, 0.15) is 21.5 Å². The number of nitrogens with one attached hydrogen (secondary N) is 1. The monoisotopic (exact) mass is 259 g/mol. The number of hydrogen-bond donors (Lipinski definition) is 2. The van der Waals surface area contributed by atoms with Crippen molar-refractivity contribution < 1.29 is 23.1 Å². The van der Waals surface area contributed by atoms with Gasteiger partial charge in [-0.3, -0.25) is 0 Å². The summed E-state index contributed by atoms with van der Waals surface area (Å²) in [6, 6.07) is 2.74. The van der Waals surface area contributed by atoms with Crippen LogP contribution in [0.4, 0.5) is 13.2 Å². The van der Waals surface area contributed by atoms with E-state index in [0.717, 1.165) is 6.07 Å². The molecule has 1 aromatic carbocycles. The Morgan fingerprint density at radius 2 is 2.06 bits per heavy atom. The third-order valence-corrected chi connectivity index (χ3v) is 2.16. The molecule has 1 rings (SSSR count). The van der Waals surface area contributed by atoms with Gasteiger partial charge < -0.3 is 10.4 Å². The number of carboxylic acid groups (broad SMARTS) is 1. The summed E-state index contributed by atoms with van der Waals surface area (Å²) in [5.41, 5.74) is -1.14. The standard InChI is InChI=1S/C12H12F3NO2/c1-16-4-2-3-8-5-9(11(17)18)7-10(6-8)12(13,14)15/h2-3,5-7,16H,4H2,1H3,(H,17,18). The highest BCUT2D eigenvalue weighted by atomic mass is 19.4. The lowest BCUT2D eigenvalue weighted by atomic mass is 10.0. The molecule has 0 radical (unpaired) electrons. The van der Waals surface area contributed by atoms with E-state index in [2.05, 4.69) is 5.32 Å². The summed E-state index contributed by atoms with van der Waals surface area (Å²) < 4.78 is 37.7. The van der Waals surface area contributed by atoms with E-state index in [-0.39, 0.29) is 11.1 Å². The van der Waals surface area contributed by atoms with Gasteiger partial charge in [0.1, 0.15) is 0 Å². The van der Waals surface area contributed by atoms with Crippen molar-refractivity contribution in [3.63, 3.8) is 0 Å². The topological polar surface area (TPSA) is 49.3 Å². The lowest BCUT2D eigenvalue weighted by Gasteiger charge is -2.09. The Balaban J connectivity index is 3.18. The summed E-state index contributed by atoms with van der Waals surface area (Å²) in [6.45, 7) is 0.485. The number of likely N-dealkylation sites (N-methyl/N-ethyl adjacent to an activating group) is 1. The maximum Gasteiger partial charge on any atom is 0.416 e. The molecule has 0 aliphatic heterocycles. The van der Waals surface area contributed by atoms with Crippen LogP contribution in [-0.2, 0) is 6.18 Å². The highest BCUT2D eigenvalue weighted by molar-refractivity contribution is 5.88. The second-order valence-electron chi connectivity index (χ2n) is 3.61. The molecule has 0 bridgehead atoms. The quantitative estimate of drug-likeness (QED) is 0.873. The van der Waals surface area contributed by atoms with Crippen LogP contribution in [0.25, 0.3) is 6.08 Å². The van der Waals surface area contributed by atoms with E-state index in [0.29, 0.717) is 12.6 Å². The number of rotatable bonds is 4. The minimum absolute atomic E-state index is 0.206. The molecule has 2 N–H and O–H groups in total. The fraction of sp³-hybridized carbons (Fsp3) is 0.250. The average Bonchev–Trinajstić information content (AvgIpc) is 2.28. The first-order valence-corrected chi connectivity index (χ1v) is 5.11. The SMILES string of the molecule is CNCC=Cc1cc(C(=O)O)cc(C(F)(F)F)c1. The Kier molecular flexibility index (Phi) is 4.49. The first-order valence-electron chi connectivity index (χ1n) is 5.11. The van der Waals surface area contributed by atoms with Gasteiger partial charge in [-0.1, -0.05) is 12.2 Å². The molecule has 0 amide bonds. The summed E-state index contributed by atoms with van der Waals surface area (Å²) in [5, 5.41) is 11.6. The van der Waals surface area contributed by atoms with Gasteiger partial charge in [-0.05, 0) is 30.8 Å². The second kappa shape index (κ2) is 5.68. The van der Waals surface area contributed by atoms with Gasteiger partial charge in [0.2, 0.25) is 0 Å². The maximum absolute atomic E-state index is 12.6. The minimum atomic E-state index is -4.56. The molecule has 0 saturated carbocycles. The molecule has 0 aliphatic carbocycles. The van der Waals surface area contributed by atoms with Crippen LogP contribution >= 0.6 is 0 Å². The summed E-state index contributed by atoms with van der Waals surface area (Å²) >= 11 is 0. The normalized spacial score (nSPS) is 12.0. The molecular weight excluding hydrogens is 247 g/mol. The lowest BCUT2D eigenvalue weighted by molar-refractivity contribution is -0.137. The van der Waals surface area contributed by atoms with E-state index in [1.807, 2.05) is 0 Å². The van der Waals surface area contributed by atoms with Gasteiger partial charge in [0.15, 0.2) is 0 Å². The third-order valence-electron chi connectivity index (χ3n) is 2.16. The molecule has 0 spiro atoms. The number of aromatic carboxylic acids is 1. The van der Waals surface area contributed by atoms with E-state index in [9.17, 15) is 18.0 Å². The highest BCUT2D eigenvalue weighted by Gasteiger charge is 2.31. The molecule has 0 fully saturated rings. The van der Waals surface area contributed by atoms with Crippen molar-refractivity contribution in [1.29, 1.82) is 0 Å². The van der Waals surface area contributed by atoms with Crippen LogP contribution in [0.2, 0.25) is 0 Å². The van der Waals surface area contributed by atoms with Crippen LogP contribution in [0.3, 0.4) is 0 Å². The first kappa shape index (κ1) is 14.2. The van der Waals surface area contributed by atoms with Crippen molar-refractivity contribution in [2.45, 2.75) is 6.18 Å². The van der Waals surface area contributed by atoms with Crippen molar-refractivity contribution in [2.75, 3.05) is 13.6 Å². The van der Waals surface area contributed by atoms with Crippen molar-refractivity contribution in [3.8, 4) is 0 Å². The Labute approximate surface area is 102 Å². The molecule has 0 atom stereocenters. The van der Waals surface area contributed by atoms with Crippen LogP contribution < -0.4 is 5.32 Å². The minimum Gasteiger partial charge on any atom is -0.478 e. The van der Waals surface area contributed by atoms with Crippen LogP contribution in [0.5, 0.6) is 0 Å². The maximum atomic E-state index is 12.6. The molecule has 3 nitrogen and oxygen atoms in total. The lowest BCUT2D eigenvalue weighted by Crippen LogP contribution is -2.08. The number of carbonyl (C=O) groups is 1. The zero-order chi connectivity index (χ0) is 13.8. The average molecular weight is 259 g/mol. The second-order valence-corrected chi connectivity index (χ2v) is 3.61. The highest BCUT2D eigenvalue weighted by Crippen LogP contribution is 2.31. The van der Waals surface area contributed by atoms with Crippen molar-refractivity contribution >= 4 is 12.0 Å². The molecule has 1 aromatic rings. The molecule has 6 heteroatoms. The summed E-state index contributed by atoms with van der Waals surface area (Å²) in [5.74, 6) is -1.38. The van der Waals surface area contributed by atoms with E-state index in [1.165, 1.54) is 12.1 Å². The van der Waals surface area contributed by atoms with Gasteiger partial charge in [-0.15, -0.1) is 0 Å². The molecule has 18 heavy (non-hydrogen) atoms. The van der Waals surface area contributed by atoms with Gasteiger partial charge in [-0.2, -0.15) is 13.2 Å². The Hall–Kier alpha value is -1.82. The predicted octanol–water partition coefficient (Wildman–Crippen LogP) is 2.64. The van der Waals surface area contributed by atoms with Crippen molar-refractivity contribution in [2.24, 2.45) is 0 Å². The van der Waals surface area contributed by atoms with Crippen molar-refractivity contribution in [1.82, 2.24) is 5.32 Å². The smallest absolute Gasteiger partial charge is 0.416 e. The molecule has 0 aromatic heterocycles. The number of alkyl halides is 3. The van der Waals surface area contributed by atoms with Gasteiger partial charge in [0.25, 0.3) is 0 Å². The van der Waals surface area contributed by atoms with Gasteiger partial charge in [0, 0.05) is 6.54 Å². The zero-order valence-electron chi connectivity index (χ0n) is 9.58. The number of benzene rings is 1. The van der Waals surface area contributed by atoms with Gasteiger partial charge in [-0.25, -0.2) is 4.79 Å². The fourth-order valence-corrected chi connectivity index (χ4v) is 1.35. The number of carboxylic acids is 1. The van der Waals surface area contributed by atoms with E-state index >= 15 is 0 Å². The summed E-state index contributed by atoms with van der Waals surface area (Å²) in [6.07, 6.45) is -1.50. The largest absolute Gasteiger partial charge is 0.478 e. The number of hydrogen-bond acceptors (Lipinski definition) is 2. The predicted molar refractivity (Wildman–Crippen MR) is 61.4 cm³/mol. The molecule has 0 saturated heterocycles. The first-order chi connectivity index (χ1) is 8.34. The third kappa shape index (κ3) is 3.89. The summed E-state index contributed by atoms with van der Waals surface area (Å²) in [7, 11) is 1.69. The Morgan fingerprint density at radius 1 is 1.39 bits per heavy atom. The van der Waals surface area contributed by atoms with E-state index < -0.39 is 17.7 Å². The molecule has 0 aliphatic rings. The molecule has 0 heterocycles. The van der Waals surface area contributed by atoms with Gasteiger partial charge in [0.05, 0.1) is 11.1 Å². The van der Waals surface area contributed by atoms with E-state index in [4.69, 9.17) is 5.11 Å². The Morgan fingerprint density at radius 3 is 2.56 bits per heavy atom. The van der Waals surface area contributed by atoms with Crippen LogP contribution in [-0.4, -0.2) is 24.7 Å². The summed E-state index contributed by atoms with van der Waals surface area (Å²) in [4.78, 5) is 10.8. The van der Waals surface area contributed by atoms with E-state index in [1.54, 1.807) is 13.1 Å². The zero-order valence-corrected chi connectivity index (χ0v) is 9.58. The van der Waals surface area contributed by atoms with Gasteiger partial charge >= 0.3 is 12.1 Å². The van der Waals surface area contributed by atoms with Crippen LogP contribution in [0, 0.1) is 0 Å². The fourth-order valence-electron chi connectivity index (χ4n) is 1.35. The number of halogens is 3. The Bertz CT molecular complexity index is 467. The molecule has 98 valence electrons. The molecular formula is C12H12F3NO2. The van der Waals surface area contributed by atoms with Crippen LogP contribution in [0.15, 0.2) is 24.3 Å².